The highest BCUT2D eigenvalue weighted by molar-refractivity contribution is 5.99. The van der Waals surface area contributed by atoms with E-state index in [2.05, 4.69) is 15.6 Å². The zero-order valence-electron chi connectivity index (χ0n) is 26.0. The molecule has 0 spiro atoms. The maximum atomic E-state index is 13.9. The molecule has 3 aromatic carbocycles. The minimum atomic E-state index is -5.85. The highest BCUT2D eigenvalue weighted by Gasteiger charge is 2.61. The van der Waals surface area contributed by atoms with Crippen LogP contribution in [0, 0.1) is 18.8 Å². The third-order valence-corrected chi connectivity index (χ3v) is 8.80. The second-order valence-corrected chi connectivity index (χ2v) is 12.2. The van der Waals surface area contributed by atoms with Crippen molar-refractivity contribution < 1.29 is 36.3 Å². The number of aromatic amines is 1. The van der Waals surface area contributed by atoms with E-state index in [4.69, 9.17) is 11.5 Å². The SMILES string of the molecule is Cc1cc(C(N)=O)ccc1-c1ccc(C[C@H](NC(=O)C2CCC(CN)CC2)C(=O)Nc2ccc3nc(C(F)(F)C(F)(F)F)[nH]c3c2)cc1. The van der Waals surface area contributed by atoms with Crippen LogP contribution in [0.25, 0.3) is 22.2 Å². The van der Waals surface area contributed by atoms with Gasteiger partial charge in [0.05, 0.1) is 11.0 Å². The molecule has 7 N–H and O–H groups in total. The second kappa shape index (κ2) is 13.7. The topological polar surface area (TPSA) is 156 Å². The van der Waals surface area contributed by atoms with Gasteiger partial charge in [0.25, 0.3) is 0 Å². The van der Waals surface area contributed by atoms with Crippen LogP contribution in [-0.2, 0) is 21.9 Å². The first-order chi connectivity index (χ1) is 22.7. The number of aromatic nitrogens is 2. The second-order valence-electron chi connectivity index (χ2n) is 12.2. The van der Waals surface area contributed by atoms with E-state index < -0.39 is 35.8 Å². The minimum Gasteiger partial charge on any atom is -0.366 e. The molecule has 1 aliphatic carbocycles. The van der Waals surface area contributed by atoms with Gasteiger partial charge in [-0.15, -0.1) is 0 Å². The molecule has 5 rings (SSSR count). The number of imidazole rings is 1. The van der Waals surface area contributed by atoms with Gasteiger partial charge in [-0.05, 0) is 97.7 Å². The number of H-pyrrole nitrogens is 1. The molecule has 14 heteroatoms. The van der Waals surface area contributed by atoms with Gasteiger partial charge in [-0.1, -0.05) is 30.3 Å². The van der Waals surface area contributed by atoms with Crippen LogP contribution in [0.5, 0.6) is 0 Å². The first-order valence-corrected chi connectivity index (χ1v) is 15.4. The van der Waals surface area contributed by atoms with Crippen LogP contribution in [-0.4, -0.2) is 46.5 Å². The summed E-state index contributed by atoms with van der Waals surface area (Å²) in [5.74, 6) is -8.14. The van der Waals surface area contributed by atoms with Crippen molar-refractivity contribution in [1.82, 2.24) is 15.3 Å². The Bertz CT molecular complexity index is 1810. The van der Waals surface area contributed by atoms with Gasteiger partial charge in [0.1, 0.15) is 6.04 Å². The predicted octanol–water partition coefficient (Wildman–Crippen LogP) is 5.72. The van der Waals surface area contributed by atoms with Crippen LogP contribution in [0.15, 0.2) is 60.7 Å². The standard InChI is InChI=1S/C34H35F5N6O3/c1-18-14-23(29(41)46)10-12-25(18)21-6-2-19(3-7-21)15-28(43-30(47)22-8-4-20(17-40)5-9-22)31(48)42-24-11-13-26-27(16-24)45-32(44-26)33(35,36)34(37,38)39/h2-3,6-7,10-14,16,20,22,28H,4-5,8-9,15,17,40H2,1H3,(H2,41,46)(H,42,48)(H,43,47)(H,44,45)/t20?,22?,28-/m0/s1. The lowest BCUT2D eigenvalue weighted by molar-refractivity contribution is -0.292. The third-order valence-electron chi connectivity index (χ3n) is 8.80. The van der Waals surface area contributed by atoms with Crippen molar-refractivity contribution in [3.63, 3.8) is 0 Å². The number of nitrogens with zero attached hydrogens (tertiary/aromatic N) is 1. The van der Waals surface area contributed by atoms with Crippen molar-refractivity contribution in [3.8, 4) is 11.1 Å². The molecule has 254 valence electrons. The van der Waals surface area contributed by atoms with Gasteiger partial charge in [0.15, 0.2) is 5.82 Å². The number of rotatable bonds is 10. The third kappa shape index (κ3) is 7.48. The fraction of sp³-hybridized carbons (Fsp3) is 0.353. The zero-order valence-corrected chi connectivity index (χ0v) is 26.0. The molecule has 1 saturated carbocycles. The van der Waals surface area contributed by atoms with E-state index in [1.54, 1.807) is 18.2 Å². The van der Waals surface area contributed by atoms with Gasteiger partial charge in [-0.25, -0.2) is 4.98 Å². The van der Waals surface area contributed by atoms with Crippen molar-refractivity contribution in [1.29, 1.82) is 0 Å². The first-order valence-electron chi connectivity index (χ1n) is 15.4. The average Bonchev–Trinajstić information content (AvgIpc) is 3.49. The van der Waals surface area contributed by atoms with E-state index in [1.807, 2.05) is 36.2 Å². The molecule has 0 bridgehead atoms. The van der Waals surface area contributed by atoms with E-state index in [0.29, 0.717) is 30.9 Å². The molecular weight excluding hydrogens is 635 g/mol. The maximum Gasteiger partial charge on any atom is 0.461 e. The number of hydrogen-bond donors (Lipinski definition) is 5. The summed E-state index contributed by atoms with van der Waals surface area (Å²) in [6, 6.07) is 15.2. The highest BCUT2D eigenvalue weighted by atomic mass is 19.4. The normalized spacial score (nSPS) is 17.6. The molecular formula is C34H35F5N6O3. The van der Waals surface area contributed by atoms with Crippen molar-refractivity contribution >= 4 is 34.4 Å². The van der Waals surface area contributed by atoms with Gasteiger partial charge >= 0.3 is 12.1 Å². The van der Waals surface area contributed by atoms with Gasteiger partial charge < -0.3 is 27.1 Å². The number of halogens is 5. The molecule has 1 aromatic heterocycles. The summed E-state index contributed by atoms with van der Waals surface area (Å²) in [6.07, 6.45) is -2.89. The number of amides is 3. The zero-order chi connectivity index (χ0) is 34.8. The number of benzene rings is 3. The molecule has 0 aliphatic heterocycles. The number of fused-ring (bicyclic) bond motifs is 1. The fourth-order valence-electron chi connectivity index (χ4n) is 5.96. The Hall–Kier alpha value is -4.85. The summed E-state index contributed by atoms with van der Waals surface area (Å²) in [5.41, 5.74) is 14.7. The van der Waals surface area contributed by atoms with Gasteiger partial charge in [0, 0.05) is 23.6 Å². The smallest absolute Gasteiger partial charge is 0.366 e. The number of hydrogen-bond acceptors (Lipinski definition) is 5. The molecule has 3 amide bonds. The Balaban J connectivity index is 1.36. The summed E-state index contributed by atoms with van der Waals surface area (Å²) in [5, 5.41) is 5.52. The molecule has 0 saturated heterocycles. The van der Waals surface area contributed by atoms with Crippen LogP contribution in [0.2, 0.25) is 0 Å². The number of aryl methyl sites for hydroxylation is 1. The Kier molecular flexibility index (Phi) is 9.85. The first kappa shape index (κ1) is 34.5. The molecule has 9 nitrogen and oxygen atoms in total. The van der Waals surface area contributed by atoms with E-state index in [0.717, 1.165) is 35.1 Å². The Morgan fingerprint density at radius 1 is 0.958 bits per heavy atom. The van der Waals surface area contributed by atoms with E-state index in [9.17, 15) is 36.3 Å². The molecule has 1 fully saturated rings. The largest absolute Gasteiger partial charge is 0.461 e. The fourth-order valence-corrected chi connectivity index (χ4v) is 5.96. The number of carbonyl (C=O) groups is 3. The lowest BCUT2D eigenvalue weighted by Gasteiger charge is -2.28. The molecule has 1 atom stereocenters. The summed E-state index contributed by atoms with van der Waals surface area (Å²) in [4.78, 5) is 43.9. The van der Waals surface area contributed by atoms with Crippen molar-refractivity contribution in [2.24, 2.45) is 23.3 Å². The van der Waals surface area contributed by atoms with Crippen LogP contribution in [0.1, 0.15) is 53.0 Å². The summed E-state index contributed by atoms with van der Waals surface area (Å²) < 4.78 is 66.4. The molecule has 1 heterocycles. The van der Waals surface area contributed by atoms with E-state index in [-0.39, 0.29) is 35.0 Å². The van der Waals surface area contributed by atoms with Crippen LogP contribution in [0.3, 0.4) is 0 Å². The molecule has 4 aromatic rings. The number of nitrogens with two attached hydrogens (primary N) is 2. The Morgan fingerprint density at radius 2 is 1.65 bits per heavy atom. The van der Waals surface area contributed by atoms with Crippen molar-refractivity contribution in [2.75, 3.05) is 11.9 Å². The van der Waals surface area contributed by atoms with Crippen molar-refractivity contribution in [3.05, 3.63) is 83.2 Å². The monoisotopic (exact) mass is 670 g/mol. The number of alkyl halides is 5. The molecule has 0 radical (unpaired) electrons. The van der Waals surface area contributed by atoms with Crippen LogP contribution >= 0.6 is 0 Å². The van der Waals surface area contributed by atoms with E-state index >= 15 is 0 Å². The minimum absolute atomic E-state index is 0.101. The van der Waals surface area contributed by atoms with Crippen LogP contribution < -0.4 is 22.1 Å². The number of anilines is 1. The molecule has 1 aliphatic rings. The number of carbonyl (C=O) groups excluding carboxylic acids is 3. The van der Waals surface area contributed by atoms with Gasteiger partial charge in [-0.3, -0.25) is 14.4 Å². The quantitative estimate of drug-likeness (QED) is 0.137. The summed E-state index contributed by atoms with van der Waals surface area (Å²) in [6.45, 7) is 2.40. The predicted molar refractivity (Wildman–Crippen MR) is 170 cm³/mol. The average molecular weight is 671 g/mol. The highest BCUT2D eigenvalue weighted by Crippen LogP contribution is 2.43. The summed E-state index contributed by atoms with van der Waals surface area (Å²) >= 11 is 0. The van der Waals surface area contributed by atoms with Crippen molar-refractivity contribution in [2.45, 2.75) is 57.2 Å². The van der Waals surface area contributed by atoms with Crippen LogP contribution in [0.4, 0.5) is 27.6 Å². The Labute approximate surface area is 272 Å². The van der Waals surface area contributed by atoms with E-state index in [1.165, 1.54) is 18.2 Å². The molecule has 48 heavy (non-hydrogen) atoms. The maximum absolute atomic E-state index is 13.9. The lowest BCUT2D eigenvalue weighted by Crippen LogP contribution is -2.48. The Morgan fingerprint density at radius 3 is 2.25 bits per heavy atom. The lowest BCUT2D eigenvalue weighted by atomic mass is 9.81. The summed E-state index contributed by atoms with van der Waals surface area (Å²) in [7, 11) is 0. The van der Waals surface area contributed by atoms with Gasteiger partial charge in [-0.2, -0.15) is 22.0 Å². The number of primary amides is 1. The number of nitrogens with one attached hydrogen (secondary N) is 3. The molecule has 0 unspecified atom stereocenters. The van der Waals surface area contributed by atoms with Gasteiger partial charge in [0.2, 0.25) is 17.7 Å².